The summed E-state index contributed by atoms with van der Waals surface area (Å²) in [5, 5.41) is 6.14. The van der Waals surface area contributed by atoms with Gasteiger partial charge in [0.1, 0.15) is 0 Å². The first-order valence-corrected chi connectivity index (χ1v) is 9.69. The Balaban J connectivity index is 1.37. The number of morpholine rings is 2. The number of carbonyl (C=O) groups is 2. The summed E-state index contributed by atoms with van der Waals surface area (Å²) >= 11 is 0. The van der Waals surface area contributed by atoms with Gasteiger partial charge in [-0.3, -0.25) is 0 Å². The quantitative estimate of drug-likeness (QED) is 0.766. The second kappa shape index (κ2) is 8.43. The molecular weight excluding hydrogens is 336 g/mol. The number of nitrogens with zero attached hydrogens (tertiary/aromatic N) is 2. The van der Waals surface area contributed by atoms with Crippen LogP contribution in [0.4, 0.5) is 9.59 Å². The van der Waals surface area contributed by atoms with Gasteiger partial charge in [-0.2, -0.15) is 0 Å². The van der Waals surface area contributed by atoms with Crippen LogP contribution in [0.5, 0.6) is 0 Å². The molecule has 3 fully saturated rings. The number of carbonyl (C=O) groups excluding carboxylic acids is 2. The molecule has 2 atom stereocenters. The molecule has 2 heterocycles. The molecule has 3 rings (SSSR count). The van der Waals surface area contributed by atoms with Crippen molar-refractivity contribution < 1.29 is 19.1 Å². The van der Waals surface area contributed by atoms with E-state index in [2.05, 4.69) is 24.5 Å². The van der Waals surface area contributed by atoms with Crippen LogP contribution in [0, 0.1) is 17.3 Å². The van der Waals surface area contributed by atoms with Gasteiger partial charge < -0.3 is 29.9 Å². The molecule has 2 unspecified atom stereocenters. The molecule has 8 heteroatoms. The fourth-order valence-electron chi connectivity index (χ4n) is 3.99. The minimum atomic E-state index is 0.00756. The smallest absolute Gasteiger partial charge is 0.317 e. The van der Waals surface area contributed by atoms with Crippen molar-refractivity contribution in [1.82, 2.24) is 20.4 Å². The van der Waals surface area contributed by atoms with Crippen molar-refractivity contribution in [3.63, 3.8) is 0 Å². The Bertz CT molecular complexity index is 459. The van der Waals surface area contributed by atoms with Crippen molar-refractivity contribution in [2.24, 2.45) is 17.3 Å². The van der Waals surface area contributed by atoms with Gasteiger partial charge in [-0.15, -0.1) is 0 Å². The molecule has 3 aliphatic rings. The second-order valence-corrected chi connectivity index (χ2v) is 8.02. The summed E-state index contributed by atoms with van der Waals surface area (Å²) in [5.41, 5.74) is 0.108. The van der Waals surface area contributed by atoms with Crippen LogP contribution >= 0.6 is 0 Å². The normalized spacial score (nSPS) is 28.2. The van der Waals surface area contributed by atoms with E-state index in [1.807, 2.05) is 9.80 Å². The van der Waals surface area contributed by atoms with Crippen molar-refractivity contribution in [2.45, 2.75) is 20.3 Å². The highest BCUT2D eigenvalue weighted by Crippen LogP contribution is 2.50. The number of hydrogen-bond donors (Lipinski definition) is 2. The number of rotatable bonds is 4. The number of hydrogen-bond acceptors (Lipinski definition) is 4. The maximum absolute atomic E-state index is 12.2. The molecule has 26 heavy (non-hydrogen) atoms. The molecule has 1 saturated carbocycles. The van der Waals surface area contributed by atoms with Crippen LogP contribution in [-0.4, -0.2) is 87.6 Å². The number of amides is 4. The summed E-state index contributed by atoms with van der Waals surface area (Å²) in [6.45, 7) is 11.0. The lowest BCUT2D eigenvalue weighted by atomic mass is 9.54. The molecule has 4 amide bonds. The summed E-state index contributed by atoms with van der Waals surface area (Å²) < 4.78 is 10.6. The molecule has 0 radical (unpaired) electrons. The van der Waals surface area contributed by atoms with Crippen LogP contribution in [0.25, 0.3) is 0 Å². The zero-order chi connectivity index (χ0) is 18.6. The van der Waals surface area contributed by atoms with E-state index in [0.29, 0.717) is 77.5 Å². The fraction of sp³-hybridized carbons (Fsp3) is 0.889. The Morgan fingerprint density at radius 1 is 0.846 bits per heavy atom. The van der Waals surface area contributed by atoms with Crippen molar-refractivity contribution in [3.8, 4) is 0 Å². The Kier molecular flexibility index (Phi) is 6.24. The first-order valence-electron chi connectivity index (χ1n) is 9.69. The van der Waals surface area contributed by atoms with E-state index < -0.39 is 0 Å². The Morgan fingerprint density at radius 2 is 1.23 bits per heavy atom. The first kappa shape index (κ1) is 19.2. The Labute approximate surface area is 155 Å². The average Bonchev–Trinajstić information content (AvgIpc) is 2.67. The highest BCUT2D eigenvalue weighted by molar-refractivity contribution is 5.74. The van der Waals surface area contributed by atoms with Crippen LogP contribution in [0.15, 0.2) is 0 Å². The van der Waals surface area contributed by atoms with Gasteiger partial charge in [0.25, 0.3) is 0 Å². The van der Waals surface area contributed by atoms with E-state index in [4.69, 9.17) is 9.47 Å². The van der Waals surface area contributed by atoms with E-state index in [0.717, 1.165) is 6.42 Å². The van der Waals surface area contributed by atoms with E-state index in [1.165, 1.54) is 0 Å². The zero-order valence-corrected chi connectivity index (χ0v) is 16.0. The fourth-order valence-corrected chi connectivity index (χ4v) is 3.99. The van der Waals surface area contributed by atoms with Gasteiger partial charge in [0, 0.05) is 39.3 Å². The lowest BCUT2D eigenvalue weighted by Crippen LogP contribution is -2.56. The zero-order valence-electron chi connectivity index (χ0n) is 16.0. The lowest BCUT2D eigenvalue weighted by Gasteiger charge is -2.52. The number of ether oxygens (including phenoxy) is 2. The van der Waals surface area contributed by atoms with Crippen molar-refractivity contribution in [2.75, 3.05) is 65.7 Å². The van der Waals surface area contributed by atoms with Gasteiger partial charge in [-0.1, -0.05) is 13.8 Å². The standard InChI is InChI=1S/C18H32N4O4/c1-18(2)14(12-19-16(23)21-3-7-25-8-4-21)11-15(18)13-20-17(24)22-5-9-26-10-6-22/h14-15H,3-13H2,1-2H3,(H,19,23)(H,20,24). The summed E-state index contributed by atoms with van der Waals surface area (Å²) in [6.07, 6.45) is 1.03. The molecule has 2 N–H and O–H groups in total. The summed E-state index contributed by atoms with van der Waals surface area (Å²) in [6, 6.07) is 0.0151. The number of urea groups is 2. The van der Waals surface area contributed by atoms with Gasteiger partial charge >= 0.3 is 12.1 Å². The molecule has 2 aliphatic heterocycles. The van der Waals surface area contributed by atoms with Crippen molar-refractivity contribution in [1.29, 1.82) is 0 Å². The SMILES string of the molecule is CC1(C)C(CNC(=O)N2CCOCC2)CC1CNC(=O)N1CCOCC1. The third-order valence-corrected chi connectivity index (χ3v) is 6.27. The topological polar surface area (TPSA) is 83.1 Å². The van der Waals surface area contributed by atoms with Gasteiger partial charge in [0.05, 0.1) is 26.4 Å². The Hall–Kier alpha value is -1.54. The van der Waals surface area contributed by atoms with E-state index in [9.17, 15) is 9.59 Å². The van der Waals surface area contributed by atoms with Crippen molar-refractivity contribution >= 4 is 12.1 Å². The molecule has 2 saturated heterocycles. The van der Waals surface area contributed by atoms with Crippen molar-refractivity contribution in [3.05, 3.63) is 0 Å². The van der Waals surface area contributed by atoms with Crippen LogP contribution in [0.3, 0.4) is 0 Å². The molecular formula is C18H32N4O4. The summed E-state index contributed by atoms with van der Waals surface area (Å²) in [7, 11) is 0. The largest absolute Gasteiger partial charge is 0.378 e. The number of nitrogens with one attached hydrogen (secondary N) is 2. The molecule has 0 bridgehead atoms. The van der Waals surface area contributed by atoms with Gasteiger partial charge in [-0.05, 0) is 23.7 Å². The Morgan fingerprint density at radius 3 is 1.58 bits per heavy atom. The van der Waals surface area contributed by atoms with Crippen LogP contribution in [0.2, 0.25) is 0 Å². The molecule has 0 aromatic heterocycles. The maximum Gasteiger partial charge on any atom is 0.317 e. The van der Waals surface area contributed by atoms with Crippen LogP contribution < -0.4 is 10.6 Å². The maximum atomic E-state index is 12.2. The van der Waals surface area contributed by atoms with Gasteiger partial charge in [0.15, 0.2) is 0 Å². The predicted molar refractivity (Wildman–Crippen MR) is 97.0 cm³/mol. The average molecular weight is 368 g/mol. The second-order valence-electron chi connectivity index (χ2n) is 8.02. The molecule has 148 valence electrons. The molecule has 0 aromatic rings. The third-order valence-electron chi connectivity index (χ3n) is 6.27. The molecule has 8 nitrogen and oxygen atoms in total. The first-order chi connectivity index (χ1) is 12.5. The van der Waals surface area contributed by atoms with E-state index in [-0.39, 0.29) is 17.5 Å². The predicted octanol–water partition coefficient (Wildman–Crippen LogP) is 0.732. The van der Waals surface area contributed by atoms with Crippen LogP contribution in [0.1, 0.15) is 20.3 Å². The molecule has 0 spiro atoms. The van der Waals surface area contributed by atoms with E-state index >= 15 is 0 Å². The molecule has 0 aromatic carbocycles. The van der Waals surface area contributed by atoms with Gasteiger partial charge in [-0.25, -0.2) is 9.59 Å². The minimum Gasteiger partial charge on any atom is -0.378 e. The minimum absolute atomic E-state index is 0.00756. The summed E-state index contributed by atoms with van der Waals surface area (Å²) in [4.78, 5) is 28.1. The highest BCUT2D eigenvalue weighted by Gasteiger charge is 2.47. The third kappa shape index (κ3) is 4.40. The monoisotopic (exact) mass is 368 g/mol. The van der Waals surface area contributed by atoms with Gasteiger partial charge in [0.2, 0.25) is 0 Å². The van der Waals surface area contributed by atoms with E-state index in [1.54, 1.807) is 0 Å². The summed E-state index contributed by atoms with van der Waals surface area (Å²) in [5.74, 6) is 0.885. The highest BCUT2D eigenvalue weighted by atomic mass is 16.5. The molecule has 1 aliphatic carbocycles. The lowest BCUT2D eigenvalue weighted by molar-refractivity contribution is -0.0173. The van der Waals surface area contributed by atoms with Crippen LogP contribution in [-0.2, 0) is 9.47 Å².